The van der Waals surface area contributed by atoms with E-state index in [1.807, 2.05) is 12.1 Å². The van der Waals surface area contributed by atoms with Crippen LogP contribution in [-0.2, 0) is 36.1 Å². The largest absolute Gasteiger partial charge is 0.274 e. The summed E-state index contributed by atoms with van der Waals surface area (Å²) in [5, 5.41) is 7.16. The quantitative estimate of drug-likeness (QED) is 0.308. The molecule has 1 atom stereocenters. The average Bonchev–Trinajstić information content (AvgIpc) is 3.21. The molecule has 1 saturated heterocycles. The van der Waals surface area contributed by atoms with Gasteiger partial charge in [0.05, 0.1) is 21.9 Å². The summed E-state index contributed by atoms with van der Waals surface area (Å²) in [5.74, 6) is -1.20. The predicted octanol–water partition coefficient (Wildman–Crippen LogP) is 3.71. The molecule has 1 unspecified atom stereocenters. The third-order valence-electron chi connectivity index (χ3n) is 6.76. The van der Waals surface area contributed by atoms with Gasteiger partial charge in [-0.2, -0.15) is 4.31 Å². The molecule has 0 radical (unpaired) electrons. The van der Waals surface area contributed by atoms with Crippen molar-refractivity contribution >= 4 is 59.9 Å². The van der Waals surface area contributed by atoms with Crippen LogP contribution in [-0.4, -0.2) is 45.5 Å². The van der Waals surface area contributed by atoms with Gasteiger partial charge in [-0.25, -0.2) is 26.9 Å². The number of fused-ring (bicyclic) bond motifs is 1. The number of nitrogens with zero attached hydrogens (tertiary/aromatic N) is 2. The van der Waals surface area contributed by atoms with Crippen LogP contribution in [0.4, 0.5) is 5.69 Å². The fourth-order valence-electron chi connectivity index (χ4n) is 4.69. The van der Waals surface area contributed by atoms with Gasteiger partial charge in [-0.3, -0.25) is 9.59 Å². The molecule has 0 saturated carbocycles. The number of hydrogen-bond acceptors (Lipinski definition) is 6. The molecule has 40 heavy (non-hydrogen) atoms. The Balaban J connectivity index is 1.51. The summed E-state index contributed by atoms with van der Waals surface area (Å²) in [5.41, 5.74) is 0.918. The highest BCUT2D eigenvalue weighted by molar-refractivity contribution is 7.89. The summed E-state index contributed by atoms with van der Waals surface area (Å²) in [4.78, 5) is 27.5. The second kappa shape index (κ2) is 10.8. The molecule has 2 amide bonds. The van der Waals surface area contributed by atoms with Crippen LogP contribution in [0.25, 0.3) is 10.8 Å². The number of rotatable bonds is 8. The van der Waals surface area contributed by atoms with Crippen LogP contribution in [0.15, 0.2) is 101 Å². The van der Waals surface area contributed by atoms with Crippen molar-refractivity contribution in [3.8, 4) is 0 Å². The maximum absolute atomic E-state index is 14.0. The number of amides is 2. The van der Waals surface area contributed by atoms with Crippen molar-refractivity contribution in [3.05, 3.63) is 102 Å². The number of imide groups is 1. The minimum Gasteiger partial charge on any atom is -0.274 e. The van der Waals surface area contributed by atoms with Crippen molar-refractivity contribution < 1.29 is 26.4 Å². The van der Waals surface area contributed by atoms with Crippen LogP contribution in [0.1, 0.15) is 12.0 Å². The first kappa shape index (κ1) is 27.9. The summed E-state index contributed by atoms with van der Waals surface area (Å²) in [6.07, 6.45) is -0.185. The number of hydrogen-bond donors (Lipinski definition) is 1. The summed E-state index contributed by atoms with van der Waals surface area (Å²) in [6, 6.07) is 22.6. The molecule has 1 aliphatic rings. The number of sulfonamides is 2. The zero-order valence-electron chi connectivity index (χ0n) is 21.0. The smallest absolute Gasteiger partial charge is 0.252 e. The number of carbonyl (C=O) groups is 2. The molecule has 0 bridgehead atoms. The first-order valence-corrected chi connectivity index (χ1v) is 15.6. The minimum atomic E-state index is -4.25. The molecule has 2 N–H and O–H groups in total. The second-order valence-electron chi connectivity index (χ2n) is 9.33. The van der Waals surface area contributed by atoms with Gasteiger partial charge in [-0.15, -0.1) is 0 Å². The Morgan fingerprint density at radius 2 is 1.45 bits per heavy atom. The standard InChI is InChI=1S/C28H24ClN3O6S2/c29-22-8-10-23(11-9-22)32-27(33)18-26(28(32)34)31(16-15-19-5-12-24(13-6-19)39(30,35)36)40(37,38)25-14-7-20-3-1-2-4-21(20)17-25/h1-14,17,26H,15-16,18H2,(H2,30,35,36). The van der Waals surface area contributed by atoms with Gasteiger partial charge < -0.3 is 0 Å². The Kier molecular flexibility index (Phi) is 7.51. The van der Waals surface area contributed by atoms with Crippen molar-refractivity contribution in [2.24, 2.45) is 5.14 Å². The Labute approximate surface area is 236 Å². The zero-order valence-corrected chi connectivity index (χ0v) is 23.4. The van der Waals surface area contributed by atoms with E-state index >= 15 is 0 Å². The maximum atomic E-state index is 14.0. The van der Waals surface area contributed by atoms with Gasteiger partial charge in [-0.1, -0.05) is 54.1 Å². The molecule has 0 aliphatic carbocycles. The van der Waals surface area contributed by atoms with Crippen molar-refractivity contribution in [1.29, 1.82) is 0 Å². The number of primary sulfonamides is 1. The highest BCUT2D eigenvalue weighted by Gasteiger charge is 2.46. The van der Waals surface area contributed by atoms with Gasteiger partial charge in [0, 0.05) is 11.6 Å². The molecule has 1 aliphatic heterocycles. The Hall–Kier alpha value is -3.61. The van der Waals surface area contributed by atoms with E-state index in [4.69, 9.17) is 16.7 Å². The minimum absolute atomic E-state index is 0.0130. The van der Waals surface area contributed by atoms with Gasteiger partial charge in [0.2, 0.25) is 26.0 Å². The highest BCUT2D eigenvalue weighted by atomic mass is 35.5. The van der Waals surface area contributed by atoms with E-state index < -0.39 is 37.9 Å². The van der Waals surface area contributed by atoms with Crippen LogP contribution in [0.3, 0.4) is 0 Å². The number of benzene rings is 4. The van der Waals surface area contributed by atoms with Crippen LogP contribution < -0.4 is 10.0 Å². The van der Waals surface area contributed by atoms with Crippen LogP contribution in [0, 0.1) is 0 Å². The lowest BCUT2D eigenvalue weighted by atomic mass is 10.1. The third-order valence-corrected chi connectivity index (χ3v) is 9.84. The van der Waals surface area contributed by atoms with E-state index in [9.17, 15) is 26.4 Å². The van der Waals surface area contributed by atoms with Gasteiger partial charge in [0.25, 0.3) is 5.91 Å². The molecule has 0 spiro atoms. The van der Waals surface area contributed by atoms with Crippen molar-refractivity contribution in [2.45, 2.75) is 28.7 Å². The SMILES string of the molecule is NS(=O)(=O)c1ccc(CCN(C2CC(=O)N(c3ccc(Cl)cc3)C2=O)S(=O)(=O)c2ccc3ccccc3c2)cc1. The van der Waals surface area contributed by atoms with E-state index in [1.54, 1.807) is 30.3 Å². The molecule has 1 heterocycles. The third kappa shape index (κ3) is 5.51. The van der Waals surface area contributed by atoms with Gasteiger partial charge in [0.1, 0.15) is 6.04 Å². The second-order valence-corrected chi connectivity index (χ2v) is 13.2. The topological polar surface area (TPSA) is 135 Å². The number of carbonyl (C=O) groups excluding carboxylic acids is 2. The van der Waals surface area contributed by atoms with E-state index in [0.717, 1.165) is 14.6 Å². The lowest BCUT2D eigenvalue weighted by molar-refractivity contribution is -0.122. The Morgan fingerprint density at radius 1 is 0.825 bits per heavy atom. The van der Waals surface area contributed by atoms with Crippen molar-refractivity contribution in [3.63, 3.8) is 0 Å². The maximum Gasteiger partial charge on any atom is 0.252 e. The number of halogens is 1. The molecule has 0 aromatic heterocycles. The first-order valence-electron chi connectivity index (χ1n) is 12.2. The fraction of sp³-hybridized carbons (Fsp3) is 0.143. The Bertz CT molecular complexity index is 1830. The molecule has 9 nitrogen and oxygen atoms in total. The lowest BCUT2D eigenvalue weighted by Gasteiger charge is -2.27. The monoisotopic (exact) mass is 597 g/mol. The molecule has 5 rings (SSSR count). The zero-order chi connectivity index (χ0) is 28.7. The van der Waals surface area contributed by atoms with E-state index in [1.165, 1.54) is 48.5 Å². The fourth-order valence-corrected chi connectivity index (χ4v) is 6.95. The van der Waals surface area contributed by atoms with Gasteiger partial charge in [-0.05, 0) is 71.3 Å². The molecule has 1 fully saturated rings. The van der Waals surface area contributed by atoms with E-state index in [0.29, 0.717) is 21.7 Å². The summed E-state index contributed by atoms with van der Waals surface area (Å²) in [7, 11) is -8.14. The normalized spacial score (nSPS) is 16.3. The van der Waals surface area contributed by atoms with Crippen molar-refractivity contribution in [1.82, 2.24) is 4.31 Å². The molecule has 206 valence electrons. The van der Waals surface area contributed by atoms with E-state index in [2.05, 4.69) is 0 Å². The van der Waals surface area contributed by atoms with E-state index in [-0.39, 0.29) is 29.2 Å². The Morgan fingerprint density at radius 3 is 2.10 bits per heavy atom. The molecular formula is C28H24ClN3O6S2. The lowest BCUT2D eigenvalue weighted by Crippen LogP contribution is -2.46. The molecule has 4 aromatic rings. The molecular weight excluding hydrogens is 574 g/mol. The van der Waals surface area contributed by atoms with Gasteiger partial charge >= 0.3 is 0 Å². The first-order chi connectivity index (χ1) is 18.9. The number of anilines is 1. The predicted molar refractivity (Wildman–Crippen MR) is 152 cm³/mol. The molecule has 12 heteroatoms. The summed E-state index contributed by atoms with van der Waals surface area (Å²) < 4.78 is 52.4. The van der Waals surface area contributed by atoms with Crippen LogP contribution >= 0.6 is 11.6 Å². The van der Waals surface area contributed by atoms with Crippen LogP contribution in [0.5, 0.6) is 0 Å². The summed E-state index contributed by atoms with van der Waals surface area (Å²) >= 11 is 5.96. The van der Waals surface area contributed by atoms with Crippen LogP contribution in [0.2, 0.25) is 5.02 Å². The van der Waals surface area contributed by atoms with Gasteiger partial charge in [0.15, 0.2) is 0 Å². The molecule has 4 aromatic carbocycles. The number of nitrogens with two attached hydrogens (primary N) is 1. The average molecular weight is 598 g/mol. The highest BCUT2D eigenvalue weighted by Crippen LogP contribution is 2.31. The van der Waals surface area contributed by atoms with Crippen molar-refractivity contribution in [2.75, 3.05) is 11.4 Å². The summed E-state index contributed by atoms with van der Waals surface area (Å²) in [6.45, 7) is -0.137.